The van der Waals surface area contributed by atoms with E-state index in [-0.39, 0.29) is 0 Å². The van der Waals surface area contributed by atoms with Gasteiger partial charge in [0.2, 0.25) is 0 Å². The molecule has 116 heavy (non-hydrogen) atoms. The molecule has 0 spiro atoms. The van der Waals surface area contributed by atoms with E-state index < -0.39 is 11.6 Å². The Labute approximate surface area is 703 Å². The average Bonchev–Trinajstić information content (AvgIpc) is 0.807. The quantitative estimate of drug-likeness (QED) is 0.0345. The van der Waals surface area contributed by atoms with Gasteiger partial charge in [0.05, 0.1) is 19.8 Å². The molecule has 9 nitrogen and oxygen atoms in total. The van der Waals surface area contributed by atoms with Crippen molar-refractivity contribution >= 4 is 0 Å². The van der Waals surface area contributed by atoms with Gasteiger partial charge in [-0.2, -0.15) is 0 Å². The molecule has 3 aromatic heterocycles. The number of ether oxygens (including phenoxy) is 3. The van der Waals surface area contributed by atoms with Crippen LogP contribution >= 0.6 is 0 Å². The second kappa shape index (κ2) is 63.0. The summed E-state index contributed by atoms with van der Waals surface area (Å²) in [4.78, 5) is 27.4. The van der Waals surface area contributed by atoms with Gasteiger partial charge in [0.15, 0.2) is 29.1 Å². The van der Waals surface area contributed by atoms with Gasteiger partial charge in [-0.15, -0.1) is 0 Å². The highest BCUT2D eigenvalue weighted by molar-refractivity contribution is 5.71. The number of unbranched alkanes of at least 4 members (excludes halogenated alkanes) is 35. The summed E-state index contributed by atoms with van der Waals surface area (Å²) in [6.45, 7) is 20.1. The molecule has 9 aromatic rings. The smallest absolute Gasteiger partial charge is 0.166 e. The summed E-state index contributed by atoms with van der Waals surface area (Å²) >= 11 is 0. The number of aryl methyl sites for hydroxylation is 5. The van der Waals surface area contributed by atoms with E-state index in [0.29, 0.717) is 23.1 Å². The molecule has 0 saturated heterocycles. The van der Waals surface area contributed by atoms with Crippen molar-refractivity contribution in [3.8, 4) is 73.7 Å². The van der Waals surface area contributed by atoms with Gasteiger partial charge in [-0.25, -0.2) is 38.7 Å². The van der Waals surface area contributed by atoms with Gasteiger partial charge >= 0.3 is 0 Å². The predicted molar refractivity (Wildman–Crippen MR) is 489 cm³/mol. The fourth-order valence-corrected chi connectivity index (χ4v) is 14.2. The first-order chi connectivity index (χ1) is 57.1. The summed E-state index contributed by atoms with van der Waals surface area (Å²) in [6, 6.07) is 43.8. The molecule has 0 aliphatic heterocycles. The summed E-state index contributed by atoms with van der Waals surface area (Å²) in [7, 11) is 0. The molecule has 0 radical (unpaired) electrons. The van der Waals surface area contributed by atoms with Crippen LogP contribution in [0.1, 0.15) is 346 Å². The van der Waals surface area contributed by atoms with E-state index in [1.165, 1.54) is 253 Å². The fraction of sp³-hybridized carbons (Fsp3) is 0.543. The van der Waals surface area contributed by atoms with Gasteiger partial charge in [0.1, 0.15) is 17.2 Å². The third-order valence-corrected chi connectivity index (χ3v) is 21.8. The van der Waals surface area contributed by atoms with Crippen LogP contribution in [0.25, 0.3) is 56.4 Å². The monoisotopic (exact) mass is 1580 g/mol. The van der Waals surface area contributed by atoms with Crippen LogP contribution < -0.4 is 14.2 Å². The Bertz CT molecular complexity index is 3840. The maximum Gasteiger partial charge on any atom is 0.166 e. The molecule has 632 valence electrons. The van der Waals surface area contributed by atoms with Crippen molar-refractivity contribution in [2.24, 2.45) is 0 Å². The lowest BCUT2D eigenvalue weighted by Gasteiger charge is -2.10. The molecule has 11 heteroatoms. The Morgan fingerprint density at radius 1 is 0.224 bits per heavy atom. The lowest BCUT2D eigenvalue weighted by molar-refractivity contribution is 0.304. The maximum absolute atomic E-state index is 14.5. The lowest BCUT2D eigenvalue weighted by atomic mass is 9.97. The summed E-state index contributed by atoms with van der Waals surface area (Å²) in [5.41, 5.74) is 11.7. The van der Waals surface area contributed by atoms with Gasteiger partial charge in [-0.1, -0.05) is 339 Å². The van der Waals surface area contributed by atoms with Gasteiger partial charge < -0.3 is 14.2 Å². The highest BCUT2D eigenvalue weighted by atomic mass is 19.2. The van der Waals surface area contributed by atoms with Crippen molar-refractivity contribution in [1.29, 1.82) is 0 Å². The Balaban J connectivity index is 0.000000241. The van der Waals surface area contributed by atoms with Crippen molar-refractivity contribution < 1.29 is 23.0 Å². The normalized spacial score (nSPS) is 11.0. The maximum atomic E-state index is 14.5. The summed E-state index contributed by atoms with van der Waals surface area (Å²) in [5, 5.41) is 0. The molecule has 0 atom stereocenters. The first kappa shape index (κ1) is 96.7. The van der Waals surface area contributed by atoms with Crippen LogP contribution in [0.5, 0.6) is 17.2 Å². The number of nitrogens with zero attached hydrogens (tertiary/aromatic N) is 6. The van der Waals surface area contributed by atoms with E-state index in [2.05, 4.69) is 146 Å². The average molecular weight is 1580 g/mol. The number of rotatable bonds is 57. The van der Waals surface area contributed by atoms with Crippen molar-refractivity contribution in [2.75, 3.05) is 19.8 Å². The SMILES string of the molecule is CCCCCCCCCCc1cnc(-c2ccc(OCCCCCCCC)cc2)nc1.CCCCCCCCCOc1ccc(-c2ncc(CCCCCCCC)cn2)cc1.CCCCCCCCOc1ccc(-c2ncc(CCCCCCCC)cn2)cc1.CCCCCc1ccc(-c2ccc(-c3ccc(C)cc3)cc2)c(F)c1F. The fourth-order valence-electron chi connectivity index (χ4n) is 14.2. The molecule has 3 heterocycles. The highest BCUT2D eigenvalue weighted by Gasteiger charge is 2.16. The van der Waals surface area contributed by atoms with Gasteiger partial charge in [-0.05, 0) is 189 Å². The van der Waals surface area contributed by atoms with Crippen LogP contribution in [-0.4, -0.2) is 49.7 Å². The Hall–Kier alpha value is -8.18. The molecule has 0 fully saturated rings. The van der Waals surface area contributed by atoms with Crippen LogP contribution in [0.15, 0.2) is 171 Å². The predicted octanol–water partition coefficient (Wildman–Crippen LogP) is 31.9. The van der Waals surface area contributed by atoms with Crippen LogP contribution in [0.4, 0.5) is 8.78 Å². The summed E-state index contributed by atoms with van der Waals surface area (Å²) in [6.07, 6.45) is 70.0. The lowest BCUT2D eigenvalue weighted by Crippen LogP contribution is -1.97. The van der Waals surface area contributed by atoms with Crippen LogP contribution in [0, 0.1) is 18.6 Å². The van der Waals surface area contributed by atoms with E-state index in [0.717, 1.165) is 140 Å². The van der Waals surface area contributed by atoms with E-state index in [4.69, 9.17) is 14.2 Å². The first-order valence-electron chi connectivity index (χ1n) is 46.4. The Kier molecular flexibility index (Phi) is 52.5. The van der Waals surface area contributed by atoms with Gasteiger partial charge in [0, 0.05) is 59.4 Å². The summed E-state index contributed by atoms with van der Waals surface area (Å²) in [5.74, 6) is 3.72. The van der Waals surface area contributed by atoms with Crippen molar-refractivity contribution in [3.63, 3.8) is 0 Å². The molecule has 0 amide bonds. The molecular weight excluding hydrogens is 1430 g/mol. The zero-order valence-corrected chi connectivity index (χ0v) is 73.5. The third-order valence-electron chi connectivity index (χ3n) is 21.8. The number of hydrogen-bond acceptors (Lipinski definition) is 9. The molecule has 9 rings (SSSR count). The van der Waals surface area contributed by atoms with Crippen molar-refractivity contribution in [1.82, 2.24) is 29.9 Å². The van der Waals surface area contributed by atoms with E-state index in [1.807, 2.05) is 97.8 Å². The summed E-state index contributed by atoms with van der Waals surface area (Å²) < 4.78 is 46.5. The number of hydrogen-bond donors (Lipinski definition) is 0. The molecule has 0 unspecified atom stereocenters. The number of halogens is 2. The minimum Gasteiger partial charge on any atom is -0.494 e. The third kappa shape index (κ3) is 41.3. The van der Waals surface area contributed by atoms with Crippen molar-refractivity contribution in [3.05, 3.63) is 210 Å². The molecule has 0 bridgehead atoms. The zero-order valence-electron chi connectivity index (χ0n) is 73.5. The minimum absolute atomic E-state index is 0.317. The van der Waals surface area contributed by atoms with Crippen LogP contribution in [0.2, 0.25) is 0 Å². The molecule has 0 aliphatic rings. The van der Waals surface area contributed by atoms with Gasteiger partial charge in [0.25, 0.3) is 0 Å². The van der Waals surface area contributed by atoms with E-state index >= 15 is 0 Å². The largest absolute Gasteiger partial charge is 0.494 e. The zero-order chi connectivity index (χ0) is 82.4. The minimum atomic E-state index is -0.748. The van der Waals surface area contributed by atoms with E-state index in [9.17, 15) is 8.78 Å². The topological polar surface area (TPSA) is 105 Å². The van der Waals surface area contributed by atoms with Gasteiger partial charge in [-0.3, -0.25) is 0 Å². The molecule has 0 N–H and O–H groups in total. The standard InChI is InChI=1S/C28H44N2O.C27H42N2O.C26H40N2O.C24H24F2/c1-3-5-7-9-11-12-13-15-17-25-23-29-28(30-24-25)26-18-20-27(21-19-26)31-22-16-14-10-8-6-4-2;1-3-5-7-9-11-13-15-21-30-26-19-17-25(18-20-26)27-28-22-24(23-29-27)16-14-12-10-8-6-4-2;1-3-5-7-9-11-13-15-23-21-27-26(28-22-23)24-16-18-25(19-17-24)29-20-14-12-10-8-6-4-2;1-3-4-5-6-21-15-16-22(24(26)23(21)25)20-13-11-19(12-14-20)18-9-7-17(2)8-10-18/h18-21,23-24H,3-17,22H2,1-2H3;17-20,22-23H,3-16,21H2,1-2H3;16-19,21-22H,3-15,20H2,1-2H3;7-16H,3-6H2,1-2H3. The Morgan fingerprint density at radius 2 is 0.457 bits per heavy atom. The molecular formula is C105H150F2N6O3. The molecule has 0 aliphatic carbocycles. The molecule has 0 saturated carbocycles. The van der Waals surface area contributed by atoms with Crippen LogP contribution in [-0.2, 0) is 25.7 Å². The van der Waals surface area contributed by atoms with E-state index in [1.54, 1.807) is 12.1 Å². The highest BCUT2D eigenvalue weighted by Crippen LogP contribution is 2.31. The first-order valence-corrected chi connectivity index (χ1v) is 46.4. The Morgan fingerprint density at radius 3 is 0.750 bits per heavy atom. The van der Waals surface area contributed by atoms with Crippen LogP contribution in [0.3, 0.4) is 0 Å². The molecule has 6 aromatic carbocycles. The number of aromatic nitrogens is 6. The number of benzene rings is 6. The second-order valence-corrected chi connectivity index (χ2v) is 32.1. The second-order valence-electron chi connectivity index (χ2n) is 32.1. The van der Waals surface area contributed by atoms with Crippen molar-refractivity contribution in [2.45, 2.75) is 351 Å².